The van der Waals surface area contributed by atoms with Crippen LogP contribution in [0.5, 0.6) is 11.5 Å². The maximum Gasteiger partial charge on any atom is 0.410 e. The molecule has 2 fully saturated rings. The summed E-state index contributed by atoms with van der Waals surface area (Å²) < 4.78 is 43.4. The van der Waals surface area contributed by atoms with Crippen molar-refractivity contribution in [1.82, 2.24) is 10.4 Å². The molecule has 2 amide bonds. The molecule has 2 saturated heterocycles. The fourth-order valence-electron chi connectivity index (χ4n) is 5.31. The molecule has 3 aromatic rings. The van der Waals surface area contributed by atoms with Crippen LogP contribution < -0.4 is 10.2 Å². The lowest BCUT2D eigenvalue weighted by atomic mass is 9.90. The van der Waals surface area contributed by atoms with Crippen molar-refractivity contribution in [1.29, 1.82) is 0 Å². The number of amides is 2. The smallest absolute Gasteiger partial charge is 0.410 e. The van der Waals surface area contributed by atoms with Gasteiger partial charge >= 0.3 is 6.09 Å². The quantitative estimate of drug-likeness (QED) is 0.334. The summed E-state index contributed by atoms with van der Waals surface area (Å²) in [5, 5.41) is 0. The van der Waals surface area contributed by atoms with Gasteiger partial charge in [0.05, 0.1) is 12.2 Å². The Morgan fingerprint density at radius 2 is 1.60 bits per heavy atom. The van der Waals surface area contributed by atoms with E-state index in [2.05, 4.69) is 5.48 Å². The highest BCUT2D eigenvalue weighted by atomic mass is 32.2. The van der Waals surface area contributed by atoms with Gasteiger partial charge in [-0.25, -0.2) is 23.5 Å². The second-order valence-corrected chi connectivity index (χ2v) is 13.1. The molecule has 11 heteroatoms. The zero-order valence-corrected chi connectivity index (χ0v) is 24.7. The van der Waals surface area contributed by atoms with Gasteiger partial charge in [-0.3, -0.25) is 4.79 Å². The number of hydrogen-bond donors (Lipinski definition) is 1. The molecule has 0 aromatic heterocycles. The van der Waals surface area contributed by atoms with E-state index < -0.39 is 39.3 Å². The maximum atomic E-state index is 14.0. The minimum Gasteiger partial charge on any atom is -0.457 e. The zero-order valence-electron chi connectivity index (χ0n) is 23.9. The van der Waals surface area contributed by atoms with Crippen molar-refractivity contribution in [2.45, 2.75) is 49.7 Å². The highest BCUT2D eigenvalue weighted by molar-refractivity contribution is 7.92. The van der Waals surface area contributed by atoms with E-state index in [4.69, 9.17) is 19.0 Å². The van der Waals surface area contributed by atoms with Crippen LogP contribution in [0, 0.1) is 0 Å². The molecule has 228 valence electrons. The number of ether oxygens (including phenoxy) is 3. The molecule has 2 atom stereocenters. The van der Waals surface area contributed by atoms with E-state index in [1.165, 1.54) is 4.90 Å². The van der Waals surface area contributed by atoms with Crippen LogP contribution in [0.25, 0.3) is 0 Å². The van der Waals surface area contributed by atoms with Gasteiger partial charge in [-0.15, -0.1) is 0 Å². The van der Waals surface area contributed by atoms with Crippen LogP contribution in [0.1, 0.15) is 43.2 Å². The number of hydrogen-bond acceptors (Lipinski definition) is 8. The van der Waals surface area contributed by atoms with Crippen LogP contribution in [0.15, 0.2) is 84.9 Å². The van der Waals surface area contributed by atoms with Crippen molar-refractivity contribution in [3.63, 3.8) is 0 Å². The predicted octanol–water partition coefficient (Wildman–Crippen LogP) is 5.10. The highest BCUT2D eigenvalue weighted by Crippen LogP contribution is 2.41. The molecular weight excluding hydrogens is 572 g/mol. The Hall–Kier alpha value is -3.93. The predicted molar refractivity (Wildman–Crippen MR) is 159 cm³/mol. The van der Waals surface area contributed by atoms with Crippen molar-refractivity contribution in [2.24, 2.45) is 0 Å². The van der Waals surface area contributed by atoms with Crippen molar-refractivity contribution in [2.75, 3.05) is 25.4 Å². The Balaban J connectivity index is 1.36. The van der Waals surface area contributed by atoms with Crippen LogP contribution in [0.4, 0.5) is 4.79 Å². The molecule has 0 saturated carbocycles. The Kier molecular flexibility index (Phi) is 9.96. The van der Waals surface area contributed by atoms with Gasteiger partial charge in [-0.05, 0) is 54.7 Å². The van der Waals surface area contributed by atoms with Crippen LogP contribution in [0.3, 0.4) is 0 Å². The molecule has 5 rings (SSSR count). The van der Waals surface area contributed by atoms with Crippen LogP contribution >= 0.6 is 0 Å². The van der Waals surface area contributed by atoms with Gasteiger partial charge in [0.2, 0.25) is 5.91 Å². The third kappa shape index (κ3) is 7.73. The first-order chi connectivity index (χ1) is 20.8. The lowest BCUT2D eigenvalue weighted by molar-refractivity contribution is -0.200. The molecule has 1 N–H and O–H groups in total. The van der Waals surface area contributed by atoms with Gasteiger partial charge in [0.15, 0.2) is 16.1 Å². The fraction of sp³-hybridized carbons (Fsp3) is 0.375. The lowest BCUT2D eigenvalue weighted by Gasteiger charge is -2.32. The van der Waals surface area contributed by atoms with Crippen molar-refractivity contribution in [3.8, 4) is 11.5 Å². The van der Waals surface area contributed by atoms with Gasteiger partial charge in [0, 0.05) is 26.1 Å². The maximum absolute atomic E-state index is 14.0. The standard InChI is InChI=1S/C32H36N2O8S/c35-29(33-42-30-13-7-8-21-39-30)23-32(26-14-16-28(17-15-26)41-27-11-5-2-6-12-27)18-19-34(20-22-43(32,37)38)31(36)40-24-25-9-3-1-4-10-25/h1-6,9-12,14-17,30H,7-8,13,18-24H2,(H,33,35). The summed E-state index contributed by atoms with van der Waals surface area (Å²) in [4.78, 5) is 33.1. The average molecular weight is 609 g/mol. The highest BCUT2D eigenvalue weighted by Gasteiger charge is 2.49. The Morgan fingerprint density at radius 3 is 2.30 bits per heavy atom. The zero-order chi connectivity index (χ0) is 30.1. The second-order valence-electron chi connectivity index (χ2n) is 10.6. The number of nitrogens with one attached hydrogen (secondary N) is 1. The largest absolute Gasteiger partial charge is 0.457 e. The van der Waals surface area contributed by atoms with Crippen LogP contribution in [0.2, 0.25) is 0 Å². The number of rotatable bonds is 9. The number of para-hydroxylation sites is 1. The summed E-state index contributed by atoms with van der Waals surface area (Å²) in [5.41, 5.74) is 3.66. The van der Waals surface area contributed by atoms with E-state index in [-0.39, 0.29) is 31.9 Å². The normalized spacial score (nSPS) is 21.8. The number of nitrogens with zero attached hydrogens (tertiary/aromatic N) is 1. The summed E-state index contributed by atoms with van der Waals surface area (Å²) in [6.45, 7) is 0.627. The van der Waals surface area contributed by atoms with Gasteiger partial charge in [-0.2, -0.15) is 0 Å². The third-order valence-corrected chi connectivity index (χ3v) is 10.2. The average Bonchev–Trinajstić information content (AvgIpc) is 3.16. The van der Waals surface area contributed by atoms with Crippen molar-refractivity contribution in [3.05, 3.63) is 96.1 Å². The minimum absolute atomic E-state index is 0.0119. The molecule has 2 aliphatic heterocycles. The molecule has 2 heterocycles. The lowest BCUT2D eigenvalue weighted by Crippen LogP contribution is -2.43. The van der Waals surface area contributed by atoms with Gasteiger partial charge in [-0.1, -0.05) is 60.7 Å². The molecule has 0 aliphatic carbocycles. The van der Waals surface area contributed by atoms with E-state index in [1.807, 2.05) is 60.7 Å². The minimum atomic E-state index is -3.96. The number of carbonyl (C=O) groups is 2. The molecule has 2 aliphatic rings. The molecule has 10 nitrogen and oxygen atoms in total. The van der Waals surface area contributed by atoms with Gasteiger partial charge in [0.1, 0.15) is 22.9 Å². The molecular formula is C32H36N2O8S. The molecule has 0 spiro atoms. The number of carbonyl (C=O) groups excluding carboxylic acids is 2. The molecule has 0 bridgehead atoms. The summed E-state index contributed by atoms with van der Waals surface area (Å²) in [6, 6.07) is 25.2. The Bertz CT molecular complexity index is 1460. The Morgan fingerprint density at radius 1 is 0.907 bits per heavy atom. The van der Waals surface area contributed by atoms with Crippen molar-refractivity contribution >= 4 is 21.8 Å². The van der Waals surface area contributed by atoms with E-state index in [0.29, 0.717) is 30.1 Å². The Labute approximate surface area is 251 Å². The van der Waals surface area contributed by atoms with Gasteiger partial charge < -0.3 is 19.1 Å². The van der Waals surface area contributed by atoms with Crippen LogP contribution in [-0.2, 0) is 40.3 Å². The first kappa shape index (κ1) is 30.5. The first-order valence-corrected chi connectivity index (χ1v) is 16.1. The molecule has 2 unspecified atom stereocenters. The molecule has 3 aromatic carbocycles. The summed E-state index contributed by atoms with van der Waals surface area (Å²) >= 11 is 0. The number of sulfone groups is 1. The number of benzene rings is 3. The first-order valence-electron chi connectivity index (χ1n) is 14.4. The van der Waals surface area contributed by atoms with E-state index in [9.17, 15) is 18.0 Å². The van der Waals surface area contributed by atoms with E-state index >= 15 is 0 Å². The van der Waals surface area contributed by atoms with Crippen LogP contribution in [-0.4, -0.2) is 57.1 Å². The second kappa shape index (κ2) is 14.0. The SMILES string of the molecule is O=C(CC1(c2ccc(Oc3ccccc3)cc2)CCN(C(=O)OCc2ccccc2)CCS1(=O)=O)NOC1CCCCO1. The fourth-order valence-corrected chi connectivity index (χ4v) is 7.41. The van der Waals surface area contributed by atoms with Gasteiger partial charge in [0.25, 0.3) is 0 Å². The van der Waals surface area contributed by atoms with Crippen molar-refractivity contribution < 1.29 is 37.1 Å². The summed E-state index contributed by atoms with van der Waals surface area (Å²) in [6.07, 6.45) is 0.866. The molecule has 0 radical (unpaired) electrons. The topological polar surface area (TPSA) is 120 Å². The third-order valence-electron chi connectivity index (χ3n) is 7.72. The van der Waals surface area contributed by atoms with E-state index in [1.54, 1.807) is 24.3 Å². The number of hydroxylamine groups is 1. The van der Waals surface area contributed by atoms with E-state index in [0.717, 1.165) is 18.4 Å². The summed E-state index contributed by atoms with van der Waals surface area (Å²) in [7, 11) is -3.96. The molecule has 43 heavy (non-hydrogen) atoms. The monoisotopic (exact) mass is 608 g/mol. The summed E-state index contributed by atoms with van der Waals surface area (Å²) in [5.74, 6) is 0.223.